The van der Waals surface area contributed by atoms with Crippen molar-refractivity contribution < 1.29 is 0 Å². The van der Waals surface area contributed by atoms with Crippen LogP contribution in [-0.4, -0.2) is 5.75 Å². The molecule has 0 saturated carbocycles. The highest BCUT2D eigenvalue weighted by Crippen LogP contribution is 2.44. The van der Waals surface area contributed by atoms with Crippen molar-refractivity contribution in [3.05, 3.63) is 33.8 Å². The molecule has 0 bridgehead atoms. The Morgan fingerprint density at radius 2 is 2.08 bits per heavy atom. The summed E-state index contributed by atoms with van der Waals surface area (Å²) in [5, 5.41) is 0. The standard InChI is InChI=1S/C11H14S/c1-3-8-5-6-9-7-12-10(4-2)11(8)9/h5-6H,3-4,7H2,1-2H3. The molecule has 1 aliphatic carbocycles. The topological polar surface area (TPSA) is 0 Å². The van der Waals surface area contributed by atoms with Gasteiger partial charge in [-0.05, 0) is 34.5 Å². The second kappa shape index (κ2) is 3.14. The number of fused-ring (bicyclic) bond motifs is 1. The van der Waals surface area contributed by atoms with Gasteiger partial charge in [0.05, 0.1) is 0 Å². The Bertz CT molecular complexity index is 292. The summed E-state index contributed by atoms with van der Waals surface area (Å²) in [6.45, 7) is 4.50. The third kappa shape index (κ3) is 1.08. The molecule has 12 heavy (non-hydrogen) atoms. The van der Waals surface area contributed by atoms with E-state index >= 15 is 0 Å². The zero-order valence-electron chi connectivity index (χ0n) is 7.68. The first-order valence-corrected chi connectivity index (χ1v) is 5.61. The molecule has 0 unspecified atom stereocenters. The predicted octanol–water partition coefficient (Wildman–Crippen LogP) is 3.67. The van der Waals surface area contributed by atoms with E-state index in [0.717, 1.165) is 0 Å². The Kier molecular flexibility index (Phi) is 2.14. The van der Waals surface area contributed by atoms with Crippen molar-refractivity contribution in [2.45, 2.75) is 26.7 Å². The van der Waals surface area contributed by atoms with E-state index in [2.05, 4.69) is 26.0 Å². The quantitative estimate of drug-likeness (QED) is 0.621. The van der Waals surface area contributed by atoms with Gasteiger partial charge in [-0.15, -0.1) is 11.8 Å². The Morgan fingerprint density at radius 3 is 2.75 bits per heavy atom. The molecule has 2 rings (SSSR count). The van der Waals surface area contributed by atoms with Gasteiger partial charge in [0, 0.05) is 5.75 Å². The van der Waals surface area contributed by atoms with Gasteiger partial charge in [0.25, 0.3) is 0 Å². The van der Waals surface area contributed by atoms with Crippen LogP contribution in [0.1, 0.15) is 26.7 Å². The third-order valence-electron chi connectivity index (χ3n) is 2.51. The van der Waals surface area contributed by atoms with Crippen molar-refractivity contribution in [3.8, 4) is 0 Å². The van der Waals surface area contributed by atoms with Crippen LogP contribution in [0.25, 0.3) is 0 Å². The van der Waals surface area contributed by atoms with Crippen LogP contribution in [0, 0.1) is 0 Å². The normalized spacial score (nSPS) is 21.2. The van der Waals surface area contributed by atoms with Gasteiger partial charge >= 0.3 is 0 Å². The van der Waals surface area contributed by atoms with E-state index < -0.39 is 0 Å². The second-order valence-corrected chi connectivity index (χ2v) is 4.25. The molecule has 0 radical (unpaired) electrons. The monoisotopic (exact) mass is 178 g/mol. The minimum absolute atomic E-state index is 1.18. The first-order chi connectivity index (χ1) is 5.86. The third-order valence-corrected chi connectivity index (χ3v) is 3.81. The maximum atomic E-state index is 2.30. The second-order valence-electron chi connectivity index (χ2n) is 3.18. The van der Waals surface area contributed by atoms with Gasteiger partial charge in [-0.1, -0.05) is 26.0 Å². The number of hydrogen-bond acceptors (Lipinski definition) is 1. The largest absolute Gasteiger partial charge is 0.125 e. The van der Waals surface area contributed by atoms with Crippen molar-refractivity contribution in [1.82, 2.24) is 0 Å². The molecule has 1 heteroatoms. The van der Waals surface area contributed by atoms with E-state index in [4.69, 9.17) is 0 Å². The summed E-state index contributed by atoms with van der Waals surface area (Å²) in [4.78, 5) is 1.60. The van der Waals surface area contributed by atoms with Gasteiger partial charge in [0.2, 0.25) is 0 Å². The van der Waals surface area contributed by atoms with Crippen LogP contribution in [0.4, 0.5) is 0 Å². The highest BCUT2D eigenvalue weighted by Gasteiger charge is 2.23. The summed E-state index contributed by atoms with van der Waals surface area (Å²) in [6, 6.07) is 0. The van der Waals surface area contributed by atoms with Gasteiger partial charge in [0.1, 0.15) is 0 Å². The van der Waals surface area contributed by atoms with Gasteiger partial charge in [0.15, 0.2) is 0 Å². The van der Waals surface area contributed by atoms with Crippen LogP contribution in [-0.2, 0) is 0 Å². The van der Waals surface area contributed by atoms with Gasteiger partial charge in [-0.25, -0.2) is 0 Å². The molecule has 0 aromatic rings. The summed E-state index contributed by atoms with van der Waals surface area (Å²) < 4.78 is 0. The molecule has 0 saturated heterocycles. The van der Waals surface area contributed by atoms with Gasteiger partial charge in [-0.3, -0.25) is 0 Å². The van der Waals surface area contributed by atoms with Crippen molar-refractivity contribution in [2.24, 2.45) is 0 Å². The zero-order valence-corrected chi connectivity index (χ0v) is 8.50. The number of hydrogen-bond donors (Lipinski definition) is 0. The van der Waals surface area contributed by atoms with Crippen LogP contribution >= 0.6 is 11.8 Å². The lowest BCUT2D eigenvalue weighted by atomic mass is 10.0. The van der Waals surface area contributed by atoms with Crippen molar-refractivity contribution in [2.75, 3.05) is 5.75 Å². The fourth-order valence-electron chi connectivity index (χ4n) is 1.86. The van der Waals surface area contributed by atoms with Crippen molar-refractivity contribution in [3.63, 3.8) is 0 Å². The number of allylic oxidation sites excluding steroid dienone is 5. The Balaban J connectivity index is 2.38. The van der Waals surface area contributed by atoms with Crippen LogP contribution in [0.15, 0.2) is 33.8 Å². The molecule has 0 amide bonds. The average Bonchev–Trinajstić information content (AvgIpc) is 2.62. The van der Waals surface area contributed by atoms with Crippen LogP contribution in [0.2, 0.25) is 0 Å². The predicted molar refractivity (Wildman–Crippen MR) is 56.2 cm³/mol. The molecule has 1 aliphatic heterocycles. The lowest BCUT2D eigenvalue weighted by molar-refractivity contribution is 1.10. The molecular formula is C11H14S. The maximum Gasteiger partial charge on any atom is 0.0235 e. The Labute approximate surface area is 78.4 Å². The minimum Gasteiger partial charge on any atom is -0.125 e. The summed E-state index contributed by atoms with van der Waals surface area (Å²) >= 11 is 2.02. The first-order valence-electron chi connectivity index (χ1n) is 4.63. The molecular weight excluding hydrogens is 164 g/mol. The summed E-state index contributed by atoms with van der Waals surface area (Å²) in [5.41, 5.74) is 4.70. The maximum absolute atomic E-state index is 2.30. The van der Waals surface area contributed by atoms with E-state index in [9.17, 15) is 0 Å². The van der Waals surface area contributed by atoms with Crippen molar-refractivity contribution in [1.29, 1.82) is 0 Å². The summed E-state index contributed by atoms with van der Waals surface area (Å²) in [7, 11) is 0. The minimum atomic E-state index is 1.18. The summed E-state index contributed by atoms with van der Waals surface area (Å²) in [6.07, 6.45) is 6.97. The summed E-state index contributed by atoms with van der Waals surface area (Å²) in [5.74, 6) is 1.21. The molecule has 64 valence electrons. The van der Waals surface area contributed by atoms with Crippen molar-refractivity contribution >= 4 is 11.8 Å². The molecule has 0 spiro atoms. The van der Waals surface area contributed by atoms with E-state index in [1.165, 1.54) is 18.6 Å². The molecule has 0 atom stereocenters. The van der Waals surface area contributed by atoms with Crippen LogP contribution < -0.4 is 0 Å². The number of rotatable bonds is 2. The number of thioether (sulfide) groups is 1. The fourth-order valence-corrected chi connectivity index (χ4v) is 3.04. The lowest BCUT2D eigenvalue weighted by Crippen LogP contribution is -1.86. The van der Waals surface area contributed by atoms with Gasteiger partial charge in [-0.2, -0.15) is 0 Å². The Morgan fingerprint density at radius 1 is 1.25 bits per heavy atom. The smallest absolute Gasteiger partial charge is 0.0235 e. The highest BCUT2D eigenvalue weighted by molar-refractivity contribution is 8.03. The molecule has 0 aromatic heterocycles. The average molecular weight is 178 g/mol. The molecule has 0 N–H and O–H groups in total. The van der Waals surface area contributed by atoms with E-state index in [-0.39, 0.29) is 0 Å². The molecule has 0 fully saturated rings. The van der Waals surface area contributed by atoms with Gasteiger partial charge < -0.3 is 0 Å². The van der Waals surface area contributed by atoms with E-state index in [1.54, 1.807) is 21.6 Å². The fraction of sp³-hybridized carbons (Fsp3) is 0.455. The molecule has 2 aliphatic rings. The van der Waals surface area contributed by atoms with Crippen LogP contribution in [0.5, 0.6) is 0 Å². The highest BCUT2D eigenvalue weighted by atomic mass is 32.2. The molecule has 0 aromatic carbocycles. The first kappa shape index (κ1) is 8.18. The lowest BCUT2D eigenvalue weighted by Gasteiger charge is -2.04. The zero-order chi connectivity index (χ0) is 8.55. The van der Waals surface area contributed by atoms with Crippen LogP contribution in [0.3, 0.4) is 0 Å². The Hall–Kier alpha value is -0.430. The van der Waals surface area contributed by atoms with E-state index in [1.807, 2.05) is 11.8 Å². The SMILES string of the molecule is CCC1=CC=C2CSC(CC)=C12. The molecule has 0 nitrogen and oxygen atoms in total. The molecule has 1 heterocycles. The van der Waals surface area contributed by atoms with E-state index in [0.29, 0.717) is 0 Å².